The van der Waals surface area contributed by atoms with E-state index in [-0.39, 0.29) is 0 Å². The van der Waals surface area contributed by atoms with Gasteiger partial charge in [-0.25, -0.2) is 0 Å². The highest BCUT2D eigenvalue weighted by molar-refractivity contribution is 4.56. The maximum Gasteiger partial charge on any atom is 0.0701 e. The number of ether oxygens (including phenoxy) is 2. The van der Waals surface area contributed by atoms with Crippen LogP contribution in [-0.4, -0.2) is 75.5 Å². The molecular weight excluding hydrogens is 228 g/mol. The third kappa shape index (κ3) is 9.83. The molecule has 0 aromatic carbocycles. The van der Waals surface area contributed by atoms with Crippen molar-refractivity contribution in [3.05, 3.63) is 0 Å². The van der Waals surface area contributed by atoms with Crippen LogP contribution in [0.1, 0.15) is 27.7 Å². The lowest BCUT2D eigenvalue weighted by Gasteiger charge is -2.21. The Labute approximate surface area is 113 Å². The van der Waals surface area contributed by atoms with Gasteiger partial charge in [0.25, 0.3) is 0 Å². The van der Waals surface area contributed by atoms with Gasteiger partial charge in [-0.05, 0) is 41.8 Å². The van der Waals surface area contributed by atoms with E-state index in [2.05, 4.69) is 51.6 Å². The van der Waals surface area contributed by atoms with Gasteiger partial charge in [-0.3, -0.25) is 0 Å². The molecule has 0 saturated heterocycles. The van der Waals surface area contributed by atoms with E-state index in [1.54, 1.807) is 0 Å². The van der Waals surface area contributed by atoms with Gasteiger partial charge in [0.1, 0.15) is 0 Å². The van der Waals surface area contributed by atoms with Crippen molar-refractivity contribution in [2.75, 3.05) is 53.6 Å². The zero-order valence-corrected chi connectivity index (χ0v) is 13.1. The quantitative estimate of drug-likeness (QED) is 0.528. The predicted molar refractivity (Wildman–Crippen MR) is 77.2 cm³/mol. The maximum atomic E-state index is 5.53. The Bertz CT molecular complexity index is 167. The van der Waals surface area contributed by atoms with Gasteiger partial charge in [0.05, 0.1) is 26.4 Å². The first-order valence-electron chi connectivity index (χ1n) is 7.01. The molecule has 0 radical (unpaired) electrons. The average Bonchev–Trinajstić information content (AvgIpc) is 2.31. The topological polar surface area (TPSA) is 24.9 Å². The second kappa shape index (κ2) is 10.7. The minimum Gasteiger partial charge on any atom is -0.378 e. The number of likely N-dealkylation sites (N-methyl/N-ethyl adjacent to an activating group) is 2. The fourth-order valence-corrected chi connectivity index (χ4v) is 1.26. The second-order valence-corrected chi connectivity index (χ2v) is 5.37. The van der Waals surface area contributed by atoms with Crippen LogP contribution in [0.3, 0.4) is 0 Å². The monoisotopic (exact) mass is 260 g/mol. The van der Waals surface area contributed by atoms with Crippen LogP contribution in [0.25, 0.3) is 0 Å². The molecule has 0 aliphatic rings. The summed E-state index contributed by atoms with van der Waals surface area (Å²) in [6.07, 6.45) is 0. The van der Waals surface area contributed by atoms with Gasteiger partial charge in [0.2, 0.25) is 0 Å². The van der Waals surface area contributed by atoms with Crippen LogP contribution in [0.4, 0.5) is 0 Å². The summed E-state index contributed by atoms with van der Waals surface area (Å²) in [4.78, 5) is 4.55. The Hall–Kier alpha value is -0.160. The molecule has 4 heteroatoms. The van der Waals surface area contributed by atoms with Gasteiger partial charge in [0.15, 0.2) is 0 Å². The van der Waals surface area contributed by atoms with E-state index in [4.69, 9.17) is 9.47 Å². The lowest BCUT2D eigenvalue weighted by atomic mass is 10.3. The third-order valence-electron chi connectivity index (χ3n) is 3.31. The van der Waals surface area contributed by atoms with Gasteiger partial charge in [0, 0.05) is 25.2 Å². The SMILES string of the molecule is CC(C)N(C)CCOCCOCCN(C)C(C)C. The summed E-state index contributed by atoms with van der Waals surface area (Å²) in [5.41, 5.74) is 0. The smallest absolute Gasteiger partial charge is 0.0701 e. The Morgan fingerprint density at radius 2 is 1.00 bits per heavy atom. The van der Waals surface area contributed by atoms with Gasteiger partial charge in [-0.15, -0.1) is 0 Å². The molecule has 4 nitrogen and oxygen atoms in total. The fourth-order valence-electron chi connectivity index (χ4n) is 1.26. The lowest BCUT2D eigenvalue weighted by molar-refractivity contribution is 0.0310. The molecule has 0 aromatic rings. The van der Waals surface area contributed by atoms with Crippen LogP contribution < -0.4 is 0 Å². The summed E-state index contributed by atoms with van der Waals surface area (Å²) >= 11 is 0. The molecule has 0 saturated carbocycles. The summed E-state index contributed by atoms with van der Waals surface area (Å²) in [6.45, 7) is 13.7. The van der Waals surface area contributed by atoms with E-state index in [0.717, 1.165) is 26.3 Å². The molecule has 0 fully saturated rings. The minimum absolute atomic E-state index is 0.580. The van der Waals surface area contributed by atoms with Crippen LogP contribution in [-0.2, 0) is 9.47 Å². The molecule has 0 heterocycles. The van der Waals surface area contributed by atoms with Crippen LogP contribution in [0.2, 0.25) is 0 Å². The number of hydrogen-bond donors (Lipinski definition) is 0. The van der Waals surface area contributed by atoms with Crippen molar-refractivity contribution in [2.24, 2.45) is 0 Å². The van der Waals surface area contributed by atoms with E-state index >= 15 is 0 Å². The van der Waals surface area contributed by atoms with Crippen LogP contribution in [0.5, 0.6) is 0 Å². The number of rotatable bonds is 11. The molecule has 0 aromatic heterocycles. The first kappa shape index (κ1) is 17.8. The van der Waals surface area contributed by atoms with Crippen molar-refractivity contribution < 1.29 is 9.47 Å². The van der Waals surface area contributed by atoms with Gasteiger partial charge in [-0.1, -0.05) is 0 Å². The normalized spacial score (nSPS) is 12.3. The van der Waals surface area contributed by atoms with Crippen LogP contribution >= 0.6 is 0 Å². The summed E-state index contributed by atoms with van der Waals surface area (Å²) in [6, 6.07) is 1.16. The van der Waals surface area contributed by atoms with E-state index in [9.17, 15) is 0 Å². The highest BCUT2D eigenvalue weighted by Crippen LogP contribution is 1.93. The molecule has 0 N–H and O–H groups in total. The molecule has 0 rings (SSSR count). The highest BCUT2D eigenvalue weighted by atomic mass is 16.5. The van der Waals surface area contributed by atoms with Crippen molar-refractivity contribution in [2.45, 2.75) is 39.8 Å². The Morgan fingerprint density at radius 1 is 0.667 bits per heavy atom. The number of hydrogen-bond acceptors (Lipinski definition) is 4. The minimum atomic E-state index is 0.580. The van der Waals surface area contributed by atoms with Crippen molar-refractivity contribution in [1.82, 2.24) is 9.80 Å². The fraction of sp³-hybridized carbons (Fsp3) is 1.00. The van der Waals surface area contributed by atoms with Crippen molar-refractivity contribution in [1.29, 1.82) is 0 Å². The van der Waals surface area contributed by atoms with Crippen molar-refractivity contribution in [3.8, 4) is 0 Å². The molecule has 110 valence electrons. The van der Waals surface area contributed by atoms with Gasteiger partial charge in [-0.2, -0.15) is 0 Å². The van der Waals surface area contributed by atoms with E-state index in [1.165, 1.54) is 0 Å². The molecule has 0 unspecified atom stereocenters. The largest absolute Gasteiger partial charge is 0.378 e. The zero-order chi connectivity index (χ0) is 14.0. The third-order valence-corrected chi connectivity index (χ3v) is 3.31. The van der Waals surface area contributed by atoms with Gasteiger partial charge < -0.3 is 19.3 Å². The Balaban J connectivity index is 3.22. The Morgan fingerprint density at radius 3 is 1.28 bits per heavy atom. The van der Waals surface area contributed by atoms with Crippen LogP contribution in [0, 0.1) is 0 Å². The second-order valence-electron chi connectivity index (χ2n) is 5.37. The molecule has 0 bridgehead atoms. The van der Waals surface area contributed by atoms with E-state index in [0.29, 0.717) is 25.3 Å². The average molecular weight is 260 g/mol. The van der Waals surface area contributed by atoms with Crippen LogP contribution in [0.15, 0.2) is 0 Å². The molecule has 0 aliphatic heterocycles. The van der Waals surface area contributed by atoms with E-state index in [1.807, 2.05) is 0 Å². The Kier molecular flexibility index (Phi) is 10.6. The molecule has 0 atom stereocenters. The first-order valence-corrected chi connectivity index (χ1v) is 7.01. The van der Waals surface area contributed by atoms with Crippen molar-refractivity contribution >= 4 is 0 Å². The molecule has 0 spiro atoms. The lowest BCUT2D eigenvalue weighted by Crippen LogP contribution is -2.31. The zero-order valence-electron chi connectivity index (χ0n) is 13.1. The van der Waals surface area contributed by atoms with E-state index < -0.39 is 0 Å². The number of nitrogens with zero attached hydrogens (tertiary/aromatic N) is 2. The predicted octanol–water partition coefficient (Wildman–Crippen LogP) is 1.70. The molecule has 0 aliphatic carbocycles. The summed E-state index contributed by atoms with van der Waals surface area (Å²) < 4.78 is 11.1. The van der Waals surface area contributed by atoms with Crippen molar-refractivity contribution in [3.63, 3.8) is 0 Å². The highest BCUT2D eigenvalue weighted by Gasteiger charge is 2.03. The maximum absolute atomic E-state index is 5.53. The summed E-state index contributed by atoms with van der Waals surface area (Å²) in [7, 11) is 4.23. The molecule has 18 heavy (non-hydrogen) atoms. The molecule has 0 amide bonds. The first-order chi connectivity index (χ1) is 8.45. The summed E-state index contributed by atoms with van der Waals surface area (Å²) in [5, 5.41) is 0. The van der Waals surface area contributed by atoms with Gasteiger partial charge >= 0.3 is 0 Å². The summed E-state index contributed by atoms with van der Waals surface area (Å²) in [5.74, 6) is 0. The standard InChI is InChI=1S/C14H32N2O2/c1-13(2)15(5)7-9-17-11-12-18-10-8-16(6)14(3)4/h13-14H,7-12H2,1-6H3. The molecular formula is C14H32N2O2.